The van der Waals surface area contributed by atoms with Gasteiger partial charge in [-0.3, -0.25) is 19.2 Å². The molecule has 0 radical (unpaired) electrons. The van der Waals surface area contributed by atoms with Crippen LogP contribution in [0.2, 0.25) is 25.7 Å². The minimum absolute atomic E-state index is 0.0514. The predicted octanol–water partition coefficient (Wildman–Crippen LogP) is 4.21. The number of carbonyl (C=O) groups is 5. The van der Waals surface area contributed by atoms with Crippen LogP contribution in [0.25, 0.3) is 0 Å². The highest BCUT2D eigenvalue weighted by Gasteiger charge is 2.29. The molecule has 0 heterocycles. The summed E-state index contributed by atoms with van der Waals surface area (Å²) in [5.74, 6) is -1.79. The van der Waals surface area contributed by atoms with E-state index in [0.29, 0.717) is 18.5 Å². The fourth-order valence-corrected chi connectivity index (χ4v) is 4.88. The number of hydrogen-bond acceptors (Lipinski definition) is 6. The molecule has 0 aliphatic rings. The first-order chi connectivity index (χ1) is 20.4. The second kappa shape index (κ2) is 18.4. The number of nitrogens with one attached hydrogen (secondary N) is 5. The Hall–Kier alpha value is -3.41. The van der Waals surface area contributed by atoms with Crippen molar-refractivity contribution in [3.05, 3.63) is 29.8 Å². The van der Waals surface area contributed by atoms with Crippen molar-refractivity contribution in [2.24, 2.45) is 11.8 Å². The minimum atomic E-state index is -1.38. The highest BCUT2D eigenvalue weighted by atomic mass is 28.3. The topological polar surface area (TPSA) is 155 Å². The summed E-state index contributed by atoms with van der Waals surface area (Å²) in [5, 5.41) is 13.5. The lowest BCUT2D eigenvalue weighted by Gasteiger charge is -2.25. The van der Waals surface area contributed by atoms with Gasteiger partial charge >= 0.3 is 6.09 Å². The average molecular weight is 634 g/mol. The molecular formula is C32H55N5O6Si. The normalized spacial score (nSPS) is 14.2. The van der Waals surface area contributed by atoms with E-state index in [-0.39, 0.29) is 24.3 Å². The van der Waals surface area contributed by atoms with Crippen molar-refractivity contribution >= 4 is 43.5 Å². The molecule has 0 aliphatic heterocycles. The SMILES string of the molecule is CCc1ccc(NC(=O)[C@@H](CC(C)C)NC(=O)[C@H](C)NC(=O)[C@H](CC(C)C)NC(=O)[C@H](C)NC(=O)OCC[Si](C)(C)C)cc1. The number of rotatable bonds is 17. The second-order valence-electron chi connectivity index (χ2n) is 13.5. The van der Waals surface area contributed by atoms with Crippen molar-refractivity contribution in [2.45, 2.75) is 118 Å². The van der Waals surface area contributed by atoms with Crippen molar-refractivity contribution in [1.29, 1.82) is 0 Å². The summed E-state index contributed by atoms with van der Waals surface area (Å²) in [6.45, 7) is 19.6. The number of alkyl carbamates (subject to hydrolysis) is 1. The van der Waals surface area contributed by atoms with E-state index in [0.717, 1.165) is 18.0 Å². The zero-order valence-electron chi connectivity index (χ0n) is 28.3. The number of ether oxygens (including phenoxy) is 1. The molecule has 248 valence electrons. The van der Waals surface area contributed by atoms with Gasteiger partial charge in [-0.15, -0.1) is 0 Å². The third kappa shape index (κ3) is 15.4. The first kappa shape index (κ1) is 38.6. The highest BCUT2D eigenvalue weighted by Crippen LogP contribution is 2.13. The van der Waals surface area contributed by atoms with Crippen LogP contribution in [0.5, 0.6) is 0 Å². The number of amides is 5. The maximum Gasteiger partial charge on any atom is 0.407 e. The quantitative estimate of drug-likeness (QED) is 0.162. The molecule has 1 aromatic carbocycles. The van der Waals surface area contributed by atoms with Crippen molar-refractivity contribution in [3.8, 4) is 0 Å². The fourth-order valence-electron chi connectivity index (χ4n) is 4.17. The van der Waals surface area contributed by atoms with Gasteiger partial charge in [-0.1, -0.05) is 66.4 Å². The van der Waals surface area contributed by atoms with Crippen LogP contribution in [0, 0.1) is 11.8 Å². The zero-order chi connectivity index (χ0) is 33.6. The van der Waals surface area contributed by atoms with Gasteiger partial charge in [-0.25, -0.2) is 4.79 Å². The Morgan fingerprint density at radius 2 is 1.16 bits per heavy atom. The van der Waals surface area contributed by atoms with Crippen molar-refractivity contribution in [2.75, 3.05) is 11.9 Å². The molecule has 0 aromatic heterocycles. The van der Waals surface area contributed by atoms with Crippen LogP contribution in [-0.4, -0.2) is 68.6 Å². The molecule has 0 aliphatic carbocycles. The summed E-state index contributed by atoms with van der Waals surface area (Å²) in [6, 6.07) is 4.67. The molecule has 1 aromatic rings. The van der Waals surface area contributed by atoms with Gasteiger partial charge in [-0.05, 0) is 68.7 Å². The largest absolute Gasteiger partial charge is 0.450 e. The van der Waals surface area contributed by atoms with E-state index in [1.54, 1.807) is 0 Å². The van der Waals surface area contributed by atoms with E-state index in [4.69, 9.17) is 4.74 Å². The third-order valence-corrected chi connectivity index (χ3v) is 8.58. The average Bonchev–Trinajstić information content (AvgIpc) is 2.91. The first-order valence-corrected chi connectivity index (χ1v) is 19.4. The monoisotopic (exact) mass is 633 g/mol. The van der Waals surface area contributed by atoms with Crippen LogP contribution in [0.1, 0.15) is 66.9 Å². The third-order valence-electron chi connectivity index (χ3n) is 6.87. The molecule has 4 atom stereocenters. The van der Waals surface area contributed by atoms with E-state index in [9.17, 15) is 24.0 Å². The van der Waals surface area contributed by atoms with Gasteiger partial charge in [-0.2, -0.15) is 0 Å². The van der Waals surface area contributed by atoms with Gasteiger partial charge in [0.1, 0.15) is 24.2 Å². The molecule has 11 nitrogen and oxygen atoms in total. The maximum absolute atomic E-state index is 13.2. The lowest BCUT2D eigenvalue weighted by Crippen LogP contribution is -2.57. The van der Waals surface area contributed by atoms with Crippen LogP contribution in [0.15, 0.2) is 24.3 Å². The van der Waals surface area contributed by atoms with Crippen LogP contribution in [-0.2, 0) is 30.3 Å². The fraction of sp³-hybridized carbons (Fsp3) is 0.656. The molecule has 0 bridgehead atoms. The van der Waals surface area contributed by atoms with Gasteiger partial charge < -0.3 is 31.3 Å². The highest BCUT2D eigenvalue weighted by molar-refractivity contribution is 6.76. The van der Waals surface area contributed by atoms with E-state index >= 15 is 0 Å². The Bertz CT molecular complexity index is 1100. The lowest BCUT2D eigenvalue weighted by molar-refractivity contribution is -0.133. The van der Waals surface area contributed by atoms with Crippen molar-refractivity contribution in [1.82, 2.24) is 21.3 Å². The van der Waals surface area contributed by atoms with E-state index in [2.05, 4.69) is 46.2 Å². The second-order valence-corrected chi connectivity index (χ2v) is 19.1. The van der Waals surface area contributed by atoms with Gasteiger partial charge in [0.25, 0.3) is 0 Å². The number of hydrogen-bond donors (Lipinski definition) is 5. The Morgan fingerprint density at radius 3 is 1.61 bits per heavy atom. The number of benzene rings is 1. The van der Waals surface area contributed by atoms with Crippen LogP contribution in [0.4, 0.5) is 10.5 Å². The molecule has 0 saturated heterocycles. The van der Waals surface area contributed by atoms with Gasteiger partial charge in [0.15, 0.2) is 0 Å². The standard InChI is InChI=1S/C32H55N5O6Si/c1-11-24-12-14-25(15-13-24)35-31(41)27(19-21(4)5)37-28(38)22(6)33-30(40)26(18-20(2)3)36-29(39)23(7)34-32(42)43-16-17-44(8,9)10/h12-15,20-23,26-27H,11,16-19H2,1-10H3,(H,33,40)(H,34,42)(H,35,41)(H,36,39)(H,37,38)/t22-,23-,26-,27+/m0/s1. The maximum atomic E-state index is 13.2. The molecule has 1 rings (SSSR count). The smallest absolute Gasteiger partial charge is 0.407 e. The Balaban J connectivity index is 2.81. The van der Waals surface area contributed by atoms with Crippen LogP contribution < -0.4 is 26.6 Å². The number of anilines is 1. The minimum Gasteiger partial charge on any atom is -0.450 e. The summed E-state index contributed by atoms with van der Waals surface area (Å²) >= 11 is 0. The molecule has 5 N–H and O–H groups in total. The Kier molecular flexibility index (Phi) is 16.2. The van der Waals surface area contributed by atoms with Gasteiger partial charge in [0.05, 0.1) is 6.61 Å². The first-order valence-electron chi connectivity index (χ1n) is 15.7. The summed E-state index contributed by atoms with van der Waals surface area (Å²) < 4.78 is 5.20. The summed E-state index contributed by atoms with van der Waals surface area (Å²) in [7, 11) is -1.38. The summed E-state index contributed by atoms with van der Waals surface area (Å²) in [4.78, 5) is 64.4. The molecule has 5 amide bonds. The van der Waals surface area contributed by atoms with Crippen molar-refractivity contribution < 1.29 is 28.7 Å². The molecule has 44 heavy (non-hydrogen) atoms. The lowest BCUT2D eigenvalue weighted by atomic mass is 10.0. The van der Waals surface area contributed by atoms with Crippen LogP contribution >= 0.6 is 0 Å². The molecule has 0 spiro atoms. The van der Waals surface area contributed by atoms with E-state index < -0.39 is 56.1 Å². The van der Waals surface area contributed by atoms with Crippen LogP contribution in [0.3, 0.4) is 0 Å². The zero-order valence-corrected chi connectivity index (χ0v) is 29.3. The summed E-state index contributed by atoms with van der Waals surface area (Å²) in [6.07, 6.45) is 0.908. The molecule has 0 fully saturated rings. The van der Waals surface area contributed by atoms with Crippen molar-refractivity contribution in [3.63, 3.8) is 0 Å². The number of aryl methyl sites for hydroxylation is 1. The molecule has 12 heteroatoms. The number of carbonyl (C=O) groups excluding carboxylic acids is 5. The molecule has 0 saturated carbocycles. The molecular weight excluding hydrogens is 578 g/mol. The van der Waals surface area contributed by atoms with E-state index in [1.165, 1.54) is 13.8 Å². The predicted molar refractivity (Wildman–Crippen MR) is 177 cm³/mol. The van der Waals surface area contributed by atoms with Gasteiger partial charge in [0.2, 0.25) is 23.6 Å². The summed E-state index contributed by atoms with van der Waals surface area (Å²) in [5.41, 5.74) is 1.78. The Morgan fingerprint density at radius 1 is 0.682 bits per heavy atom. The Labute approximate surface area is 264 Å². The molecule has 0 unspecified atom stereocenters. The van der Waals surface area contributed by atoms with Gasteiger partial charge in [0, 0.05) is 13.8 Å². The van der Waals surface area contributed by atoms with E-state index in [1.807, 2.05) is 58.9 Å².